The summed E-state index contributed by atoms with van der Waals surface area (Å²) in [5, 5.41) is 3.49. The first-order chi connectivity index (χ1) is 11.7. The molecule has 0 saturated heterocycles. The molecule has 2 heterocycles. The van der Waals surface area contributed by atoms with Gasteiger partial charge in [-0.05, 0) is 32.0 Å². The SMILES string of the molecule is CN(C)C(=O)c1ccc(CNC2CC(C)(C)Oc3cc(F)ccc32)[nH]1. The number of nitrogens with zero attached hydrogens (tertiary/aromatic N) is 1. The van der Waals surface area contributed by atoms with Gasteiger partial charge in [0.05, 0.1) is 0 Å². The molecule has 134 valence electrons. The van der Waals surface area contributed by atoms with Gasteiger partial charge >= 0.3 is 0 Å². The normalized spacial score (nSPS) is 18.4. The van der Waals surface area contributed by atoms with Crippen molar-refractivity contribution >= 4 is 5.91 Å². The highest BCUT2D eigenvalue weighted by molar-refractivity contribution is 5.92. The van der Waals surface area contributed by atoms with Crippen LogP contribution in [0.1, 0.15) is 48.1 Å². The van der Waals surface area contributed by atoms with Crippen LogP contribution in [0.5, 0.6) is 5.75 Å². The smallest absolute Gasteiger partial charge is 0.269 e. The highest BCUT2D eigenvalue weighted by Crippen LogP contribution is 2.39. The Hall–Kier alpha value is -2.34. The number of carbonyl (C=O) groups is 1. The lowest BCUT2D eigenvalue weighted by atomic mass is 9.89. The van der Waals surface area contributed by atoms with Crippen LogP contribution in [0.2, 0.25) is 0 Å². The number of halogens is 1. The summed E-state index contributed by atoms with van der Waals surface area (Å²) in [6, 6.07) is 8.41. The van der Waals surface area contributed by atoms with E-state index in [-0.39, 0.29) is 23.4 Å². The van der Waals surface area contributed by atoms with Gasteiger partial charge in [0.2, 0.25) is 0 Å². The second-order valence-electron chi connectivity index (χ2n) is 7.28. The zero-order valence-electron chi connectivity index (χ0n) is 15.0. The van der Waals surface area contributed by atoms with Crippen molar-refractivity contribution in [1.29, 1.82) is 0 Å². The molecule has 0 bridgehead atoms. The molecule has 0 spiro atoms. The summed E-state index contributed by atoms with van der Waals surface area (Å²) in [5.74, 6) is 0.231. The molecular formula is C19H24FN3O2. The predicted octanol–water partition coefficient (Wildman–Crippen LogP) is 3.25. The number of benzene rings is 1. The number of ether oxygens (including phenoxy) is 1. The standard InChI is InChI=1S/C19H24FN3O2/c1-19(2)10-16(14-7-5-12(20)9-17(14)25-19)21-11-13-6-8-15(22-13)18(24)23(3)4/h5-9,16,21-22H,10-11H2,1-4H3. The molecule has 1 aliphatic heterocycles. The van der Waals surface area contributed by atoms with Crippen molar-refractivity contribution in [2.75, 3.05) is 14.1 Å². The molecule has 1 aromatic heterocycles. The van der Waals surface area contributed by atoms with Crippen LogP contribution in [0.4, 0.5) is 4.39 Å². The van der Waals surface area contributed by atoms with Gasteiger partial charge in [-0.15, -0.1) is 0 Å². The summed E-state index contributed by atoms with van der Waals surface area (Å²) in [6.45, 7) is 4.58. The van der Waals surface area contributed by atoms with Crippen molar-refractivity contribution < 1.29 is 13.9 Å². The summed E-state index contributed by atoms with van der Waals surface area (Å²) in [5.41, 5.74) is 2.08. The van der Waals surface area contributed by atoms with Crippen LogP contribution < -0.4 is 10.1 Å². The minimum absolute atomic E-state index is 0.0515. The van der Waals surface area contributed by atoms with Crippen molar-refractivity contribution in [3.05, 3.63) is 53.1 Å². The van der Waals surface area contributed by atoms with Gasteiger partial charge in [0.15, 0.2) is 0 Å². The number of nitrogens with one attached hydrogen (secondary N) is 2. The zero-order valence-corrected chi connectivity index (χ0v) is 15.0. The Balaban J connectivity index is 1.74. The van der Waals surface area contributed by atoms with E-state index in [0.29, 0.717) is 18.0 Å². The minimum Gasteiger partial charge on any atom is -0.487 e. The first kappa shape index (κ1) is 17.5. The number of aromatic amines is 1. The van der Waals surface area contributed by atoms with Gasteiger partial charge in [-0.2, -0.15) is 0 Å². The zero-order chi connectivity index (χ0) is 18.2. The van der Waals surface area contributed by atoms with E-state index in [9.17, 15) is 9.18 Å². The lowest BCUT2D eigenvalue weighted by molar-refractivity contribution is 0.0652. The molecule has 0 fully saturated rings. The third-order valence-corrected chi connectivity index (χ3v) is 4.35. The van der Waals surface area contributed by atoms with E-state index >= 15 is 0 Å². The van der Waals surface area contributed by atoms with Crippen molar-refractivity contribution in [3.8, 4) is 5.75 Å². The maximum absolute atomic E-state index is 13.5. The molecular weight excluding hydrogens is 321 g/mol. The van der Waals surface area contributed by atoms with E-state index in [4.69, 9.17) is 4.74 Å². The van der Waals surface area contributed by atoms with Gasteiger partial charge in [-0.25, -0.2) is 4.39 Å². The number of H-pyrrole nitrogens is 1. The van der Waals surface area contributed by atoms with Gasteiger partial charge in [0.1, 0.15) is 22.9 Å². The molecule has 1 aromatic carbocycles. The summed E-state index contributed by atoms with van der Waals surface area (Å²) in [4.78, 5) is 16.6. The second-order valence-corrected chi connectivity index (χ2v) is 7.28. The molecule has 1 amide bonds. The minimum atomic E-state index is -0.375. The molecule has 5 nitrogen and oxygen atoms in total. The number of hydrogen-bond acceptors (Lipinski definition) is 3. The van der Waals surface area contributed by atoms with Crippen molar-refractivity contribution in [2.24, 2.45) is 0 Å². The fourth-order valence-electron chi connectivity index (χ4n) is 3.15. The predicted molar refractivity (Wildman–Crippen MR) is 94.1 cm³/mol. The van der Waals surface area contributed by atoms with Crippen molar-refractivity contribution in [2.45, 2.75) is 38.5 Å². The Morgan fingerprint density at radius 3 is 2.84 bits per heavy atom. The van der Waals surface area contributed by atoms with Crippen LogP contribution in [-0.2, 0) is 6.54 Å². The van der Waals surface area contributed by atoms with E-state index in [1.807, 2.05) is 19.9 Å². The van der Waals surface area contributed by atoms with Gasteiger partial charge in [-0.3, -0.25) is 4.79 Å². The molecule has 6 heteroatoms. The van der Waals surface area contributed by atoms with Gasteiger partial charge in [0.25, 0.3) is 5.91 Å². The maximum atomic E-state index is 13.5. The molecule has 1 unspecified atom stereocenters. The van der Waals surface area contributed by atoms with E-state index in [2.05, 4.69) is 10.3 Å². The second kappa shape index (κ2) is 6.52. The fourth-order valence-corrected chi connectivity index (χ4v) is 3.15. The number of rotatable bonds is 4. The molecule has 1 aliphatic rings. The van der Waals surface area contributed by atoms with Crippen LogP contribution in [0, 0.1) is 5.82 Å². The fraction of sp³-hybridized carbons (Fsp3) is 0.421. The lowest BCUT2D eigenvalue weighted by Crippen LogP contribution is -2.39. The number of carbonyl (C=O) groups excluding carboxylic acids is 1. The summed E-state index contributed by atoms with van der Waals surface area (Å²) >= 11 is 0. The lowest BCUT2D eigenvalue weighted by Gasteiger charge is -2.38. The average molecular weight is 345 g/mol. The molecule has 25 heavy (non-hydrogen) atoms. The Kier molecular flexibility index (Phi) is 4.56. The number of fused-ring (bicyclic) bond motifs is 1. The maximum Gasteiger partial charge on any atom is 0.269 e. The monoisotopic (exact) mass is 345 g/mol. The quantitative estimate of drug-likeness (QED) is 0.894. The van der Waals surface area contributed by atoms with Crippen LogP contribution in [0.3, 0.4) is 0 Å². The van der Waals surface area contributed by atoms with Crippen molar-refractivity contribution in [3.63, 3.8) is 0 Å². The third-order valence-electron chi connectivity index (χ3n) is 4.35. The van der Waals surface area contributed by atoms with E-state index in [1.54, 1.807) is 26.2 Å². The largest absolute Gasteiger partial charge is 0.487 e. The highest BCUT2D eigenvalue weighted by atomic mass is 19.1. The van der Waals surface area contributed by atoms with Gasteiger partial charge < -0.3 is 19.9 Å². The Morgan fingerprint density at radius 2 is 2.12 bits per heavy atom. The van der Waals surface area contributed by atoms with Crippen LogP contribution in [-0.4, -0.2) is 35.5 Å². The summed E-state index contributed by atoms with van der Waals surface area (Å²) < 4.78 is 19.4. The third kappa shape index (κ3) is 3.85. The van der Waals surface area contributed by atoms with Crippen molar-refractivity contribution in [1.82, 2.24) is 15.2 Å². The van der Waals surface area contributed by atoms with Crippen LogP contribution in [0.25, 0.3) is 0 Å². The Morgan fingerprint density at radius 1 is 1.36 bits per heavy atom. The molecule has 0 radical (unpaired) electrons. The van der Waals surface area contributed by atoms with Gasteiger partial charge in [-0.1, -0.05) is 6.07 Å². The van der Waals surface area contributed by atoms with E-state index < -0.39 is 0 Å². The number of amides is 1. The first-order valence-corrected chi connectivity index (χ1v) is 8.36. The molecule has 0 aliphatic carbocycles. The summed E-state index contributed by atoms with van der Waals surface area (Å²) in [6.07, 6.45) is 0.774. The highest BCUT2D eigenvalue weighted by Gasteiger charge is 2.33. The Labute approximate surface area is 147 Å². The van der Waals surface area contributed by atoms with Crippen LogP contribution in [0.15, 0.2) is 30.3 Å². The number of hydrogen-bond donors (Lipinski definition) is 2. The molecule has 2 N–H and O–H groups in total. The summed E-state index contributed by atoms with van der Waals surface area (Å²) in [7, 11) is 3.45. The Bertz CT molecular complexity index is 783. The molecule has 3 rings (SSSR count). The topological polar surface area (TPSA) is 57.4 Å². The van der Waals surface area contributed by atoms with E-state index in [1.165, 1.54) is 17.0 Å². The number of aromatic nitrogens is 1. The molecule has 0 saturated carbocycles. The van der Waals surface area contributed by atoms with Crippen LogP contribution >= 0.6 is 0 Å². The first-order valence-electron chi connectivity index (χ1n) is 8.36. The van der Waals surface area contributed by atoms with Gasteiger partial charge in [0, 0.05) is 50.4 Å². The molecule has 1 atom stereocenters. The van der Waals surface area contributed by atoms with E-state index in [0.717, 1.165) is 17.7 Å². The average Bonchev–Trinajstić information content (AvgIpc) is 2.99. The molecule has 2 aromatic rings.